The lowest BCUT2D eigenvalue weighted by Gasteiger charge is -2.31. The molecule has 1 aromatic carbocycles. The van der Waals surface area contributed by atoms with Gasteiger partial charge in [-0.25, -0.2) is 22.5 Å². The van der Waals surface area contributed by atoms with Crippen LogP contribution in [0.25, 0.3) is 11.7 Å². The molecule has 3 aromatic rings. The molecule has 0 radical (unpaired) electrons. The molecule has 3 heterocycles. The van der Waals surface area contributed by atoms with Gasteiger partial charge in [0.1, 0.15) is 23.9 Å². The van der Waals surface area contributed by atoms with Crippen molar-refractivity contribution in [3.8, 4) is 5.75 Å². The number of nitrogens with zero attached hydrogens (tertiary/aromatic N) is 3. The van der Waals surface area contributed by atoms with Crippen LogP contribution in [0.1, 0.15) is 40.2 Å². The maximum absolute atomic E-state index is 14.0. The van der Waals surface area contributed by atoms with Gasteiger partial charge >= 0.3 is 0 Å². The van der Waals surface area contributed by atoms with Gasteiger partial charge in [-0.3, -0.25) is 9.20 Å². The average molecular weight is 504 g/mol. The largest absolute Gasteiger partial charge is 0.485 e. The van der Waals surface area contributed by atoms with Crippen molar-refractivity contribution in [1.29, 1.82) is 5.41 Å². The van der Waals surface area contributed by atoms with Gasteiger partial charge in [-0.15, -0.1) is 0 Å². The summed E-state index contributed by atoms with van der Waals surface area (Å²) in [6, 6.07) is 4.97. The Morgan fingerprint density at radius 2 is 1.94 bits per heavy atom. The topological polar surface area (TPSA) is 82.7 Å². The van der Waals surface area contributed by atoms with Gasteiger partial charge in [0.2, 0.25) is 0 Å². The van der Waals surface area contributed by atoms with E-state index in [1.165, 1.54) is 28.8 Å². The normalized spacial score (nSPS) is 15.6. The van der Waals surface area contributed by atoms with Crippen molar-refractivity contribution >= 4 is 23.8 Å². The van der Waals surface area contributed by atoms with Crippen LogP contribution in [0.15, 0.2) is 37.0 Å². The van der Waals surface area contributed by atoms with Crippen LogP contribution in [0.5, 0.6) is 5.75 Å². The lowest BCUT2D eigenvalue weighted by atomic mass is 10.1. The fraction of sp³-hybridized carbons (Fsp3) is 0.320. The molecule has 0 bridgehead atoms. The number of fused-ring (bicyclic) bond motifs is 1. The predicted octanol–water partition coefficient (Wildman–Crippen LogP) is 4.29. The van der Waals surface area contributed by atoms with E-state index < -0.39 is 30.1 Å². The van der Waals surface area contributed by atoms with Crippen LogP contribution in [0.3, 0.4) is 0 Å². The van der Waals surface area contributed by atoms with Crippen molar-refractivity contribution in [2.45, 2.75) is 25.4 Å². The smallest absolute Gasteiger partial charge is 0.270 e. The second-order valence-electron chi connectivity index (χ2n) is 8.47. The van der Waals surface area contributed by atoms with Crippen molar-refractivity contribution in [2.75, 3.05) is 26.2 Å². The highest BCUT2D eigenvalue weighted by Crippen LogP contribution is 2.28. The summed E-state index contributed by atoms with van der Waals surface area (Å²) in [6.07, 6.45) is 3.53. The molecule has 36 heavy (non-hydrogen) atoms. The standard InChI is InChI=1S/C25H25F4N5O2/c1-2-20-22(24(35)31-8-11-33-9-6-25(28,29)7-10-33)34-14-16(13-30)12-21(23(34)32-20)36-15-17-18(26)4-3-5-19(17)27/h2-5,12-14,30H,1,6-11,15H2,(H,31,35). The van der Waals surface area contributed by atoms with E-state index in [4.69, 9.17) is 10.1 Å². The third-order valence-electron chi connectivity index (χ3n) is 6.04. The SMILES string of the molecule is C=Cc1nc2c(OCc3c(F)cccc3F)cc(C=N)cn2c1C(=O)NCCN1CCC(F)(F)CC1. The van der Waals surface area contributed by atoms with E-state index >= 15 is 0 Å². The number of rotatable bonds is 9. The molecule has 7 nitrogen and oxygen atoms in total. The Kier molecular flexibility index (Phi) is 7.39. The molecule has 1 aliphatic heterocycles. The Morgan fingerprint density at radius 1 is 1.25 bits per heavy atom. The molecule has 2 aromatic heterocycles. The Balaban J connectivity index is 1.55. The maximum Gasteiger partial charge on any atom is 0.270 e. The highest BCUT2D eigenvalue weighted by atomic mass is 19.3. The van der Waals surface area contributed by atoms with Crippen molar-refractivity contribution in [1.82, 2.24) is 19.6 Å². The average Bonchev–Trinajstić information content (AvgIpc) is 3.23. The van der Waals surface area contributed by atoms with Crippen LogP contribution in [0.4, 0.5) is 17.6 Å². The third-order valence-corrected chi connectivity index (χ3v) is 6.04. The van der Waals surface area contributed by atoms with Gasteiger partial charge in [-0.2, -0.15) is 0 Å². The molecule has 0 atom stereocenters. The van der Waals surface area contributed by atoms with Crippen molar-refractivity contribution < 1.29 is 27.1 Å². The summed E-state index contributed by atoms with van der Waals surface area (Å²) < 4.78 is 61.9. The summed E-state index contributed by atoms with van der Waals surface area (Å²) in [5.74, 6) is -4.52. The number of halogens is 4. The molecule has 0 aliphatic carbocycles. The Bertz CT molecular complexity index is 1280. The van der Waals surface area contributed by atoms with Gasteiger partial charge in [-0.05, 0) is 24.3 Å². The van der Waals surface area contributed by atoms with E-state index in [2.05, 4.69) is 16.9 Å². The quantitative estimate of drug-likeness (QED) is 0.337. The first kappa shape index (κ1) is 25.4. The van der Waals surface area contributed by atoms with Gasteiger partial charge in [-0.1, -0.05) is 12.6 Å². The van der Waals surface area contributed by atoms with E-state index in [1.54, 1.807) is 0 Å². The van der Waals surface area contributed by atoms with E-state index in [1.807, 2.05) is 4.90 Å². The number of likely N-dealkylation sites (tertiary alicyclic amines) is 1. The number of ether oxygens (including phenoxy) is 1. The first-order chi connectivity index (χ1) is 17.2. The zero-order chi connectivity index (χ0) is 25.9. The molecule has 0 saturated carbocycles. The summed E-state index contributed by atoms with van der Waals surface area (Å²) in [6.45, 7) is 4.43. The van der Waals surface area contributed by atoms with E-state index in [9.17, 15) is 22.4 Å². The van der Waals surface area contributed by atoms with E-state index in [0.29, 0.717) is 12.1 Å². The molecule has 1 saturated heterocycles. The van der Waals surface area contributed by atoms with Crippen LogP contribution in [-0.2, 0) is 6.61 Å². The van der Waals surface area contributed by atoms with Gasteiger partial charge in [0, 0.05) is 57.0 Å². The molecule has 11 heteroatoms. The zero-order valence-corrected chi connectivity index (χ0v) is 19.4. The Morgan fingerprint density at radius 3 is 2.58 bits per heavy atom. The minimum absolute atomic E-state index is 0.120. The summed E-state index contributed by atoms with van der Waals surface area (Å²) in [5, 5.41) is 10.4. The number of imidazole rings is 1. The number of piperidine rings is 1. The fourth-order valence-electron chi connectivity index (χ4n) is 4.04. The van der Waals surface area contributed by atoms with Gasteiger partial charge < -0.3 is 20.4 Å². The zero-order valence-electron chi connectivity index (χ0n) is 19.4. The Hall–Kier alpha value is -3.73. The first-order valence-corrected chi connectivity index (χ1v) is 11.4. The number of benzene rings is 1. The molecule has 0 unspecified atom stereocenters. The van der Waals surface area contributed by atoms with Gasteiger partial charge in [0.05, 0.1) is 11.3 Å². The number of pyridine rings is 1. The minimum atomic E-state index is -2.64. The minimum Gasteiger partial charge on any atom is -0.485 e. The maximum atomic E-state index is 14.0. The van der Waals surface area contributed by atoms with E-state index in [0.717, 1.165) is 18.3 Å². The molecule has 0 spiro atoms. The molecule has 2 N–H and O–H groups in total. The molecule has 190 valence electrons. The number of carbonyl (C=O) groups excluding carboxylic acids is 1. The molecule has 1 fully saturated rings. The van der Waals surface area contributed by atoms with Crippen molar-refractivity contribution in [3.63, 3.8) is 0 Å². The second-order valence-corrected chi connectivity index (χ2v) is 8.47. The number of aromatic nitrogens is 2. The van der Waals surface area contributed by atoms with Crippen LogP contribution in [0, 0.1) is 17.0 Å². The monoisotopic (exact) mass is 503 g/mol. The highest BCUT2D eigenvalue weighted by Gasteiger charge is 2.33. The summed E-state index contributed by atoms with van der Waals surface area (Å²) in [7, 11) is 0. The second kappa shape index (κ2) is 10.5. The predicted molar refractivity (Wildman–Crippen MR) is 127 cm³/mol. The first-order valence-electron chi connectivity index (χ1n) is 11.4. The molecule has 1 aliphatic rings. The van der Waals surface area contributed by atoms with E-state index in [-0.39, 0.29) is 60.8 Å². The molecular weight excluding hydrogens is 478 g/mol. The summed E-state index contributed by atoms with van der Waals surface area (Å²) in [5.41, 5.74) is 0.684. The van der Waals surface area contributed by atoms with Gasteiger partial charge in [0.25, 0.3) is 11.8 Å². The number of carbonyl (C=O) groups is 1. The number of alkyl halides is 2. The fourth-order valence-corrected chi connectivity index (χ4v) is 4.04. The summed E-state index contributed by atoms with van der Waals surface area (Å²) >= 11 is 0. The molecular formula is C25H25F4N5O2. The highest BCUT2D eigenvalue weighted by molar-refractivity contribution is 5.97. The number of hydrogen-bond donors (Lipinski definition) is 2. The van der Waals surface area contributed by atoms with Gasteiger partial charge in [0.15, 0.2) is 11.4 Å². The van der Waals surface area contributed by atoms with Crippen LogP contribution >= 0.6 is 0 Å². The third kappa shape index (κ3) is 5.40. The van der Waals surface area contributed by atoms with Crippen LogP contribution in [-0.4, -0.2) is 58.5 Å². The lowest BCUT2D eigenvalue weighted by Crippen LogP contribution is -2.43. The molecule has 4 rings (SSSR count). The number of amides is 1. The lowest BCUT2D eigenvalue weighted by molar-refractivity contribution is -0.0547. The summed E-state index contributed by atoms with van der Waals surface area (Å²) in [4.78, 5) is 19.3. The number of hydrogen-bond acceptors (Lipinski definition) is 5. The molecule has 1 amide bonds. The van der Waals surface area contributed by atoms with Crippen molar-refractivity contribution in [3.05, 3.63) is 71.2 Å². The van der Waals surface area contributed by atoms with Crippen molar-refractivity contribution in [2.24, 2.45) is 0 Å². The van der Waals surface area contributed by atoms with Crippen LogP contribution < -0.4 is 10.1 Å². The number of nitrogens with one attached hydrogen (secondary N) is 2. The Labute approximate surface area is 204 Å². The van der Waals surface area contributed by atoms with Crippen LogP contribution in [0.2, 0.25) is 0 Å².